The smallest absolute Gasteiger partial charge is 0.0661 e. The lowest BCUT2D eigenvalue weighted by atomic mass is 10.1. The van der Waals surface area contributed by atoms with Crippen LogP contribution in [0.3, 0.4) is 0 Å². The molecule has 1 atom stereocenters. The number of unbranched alkanes of at least 4 members (excludes halogenated alkanes) is 4. The monoisotopic (exact) mass is 263 g/mol. The van der Waals surface area contributed by atoms with Crippen molar-refractivity contribution in [3.05, 3.63) is 35.4 Å². The molecular formula is C17H29NO. The molecule has 1 aromatic rings. The summed E-state index contributed by atoms with van der Waals surface area (Å²) >= 11 is 0. The van der Waals surface area contributed by atoms with Gasteiger partial charge >= 0.3 is 0 Å². The van der Waals surface area contributed by atoms with Crippen molar-refractivity contribution in [3.8, 4) is 0 Å². The normalized spacial score (nSPS) is 12.6. The van der Waals surface area contributed by atoms with Crippen LogP contribution in [0.15, 0.2) is 24.3 Å². The van der Waals surface area contributed by atoms with Gasteiger partial charge in [0.15, 0.2) is 0 Å². The molecule has 1 N–H and O–H groups in total. The third-order valence-corrected chi connectivity index (χ3v) is 3.50. The molecule has 0 radical (unpaired) electrons. The van der Waals surface area contributed by atoms with Crippen molar-refractivity contribution in [2.75, 3.05) is 20.3 Å². The average Bonchev–Trinajstić information content (AvgIpc) is 2.43. The lowest BCUT2D eigenvalue weighted by Crippen LogP contribution is -2.22. The highest BCUT2D eigenvalue weighted by Gasteiger charge is 2.08. The fourth-order valence-corrected chi connectivity index (χ4v) is 2.15. The van der Waals surface area contributed by atoms with Gasteiger partial charge in [-0.05, 0) is 26.0 Å². The number of nitrogens with one attached hydrogen (secondary N) is 1. The predicted octanol–water partition coefficient (Wildman–Crippen LogP) is 4.24. The van der Waals surface area contributed by atoms with E-state index in [1.807, 2.05) is 7.05 Å². The molecule has 0 aromatic heterocycles. The molecule has 1 rings (SSSR count). The van der Waals surface area contributed by atoms with Crippen LogP contribution in [0.25, 0.3) is 0 Å². The van der Waals surface area contributed by atoms with Gasteiger partial charge in [0, 0.05) is 6.61 Å². The molecule has 0 saturated carbocycles. The van der Waals surface area contributed by atoms with Crippen LogP contribution in [0.1, 0.15) is 56.2 Å². The zero-order valence-corrected chi connectivity index (χ0v) is 12.7. The van der Waals surface area contributed by atoms with Crippen molar-refractivity contribution in [2.45, 2.75) is 52.0 Å². The summed E-state index contributed by atoms with van der Waals surface area (Å²) in [6, 6.07) is 8.98. The predicted molar refractivity (Wildman–Crippen MR) is 82.6 cm³/mol. The fraction of sp³-hybridized carbons (Fsp3) is 0.647. The van der Waals surface area contributed by atoms with Gasteiger partial charge in [0.25, 0.3) is 0 Å². The Hall–Kier alpha value is -0.860. The molecule has 0 bridgehead atoms. The number of benzene rings is 1. The van der Waals surface area contributed by atoms with Gasteiger partial charge in [-0.25, -0.2) is 0 Å². The summed E-state index contributed by atoms with van der Waals surface area (Å²) in [5.41, 5.74) is 2.61. The Morgan fingerprint density at radius 3 is 2.37 bits per heavy atom. The van der Waals surface area contributed by atoms with E-state index >= 15 is 0 Å². The Morgan fingerprint density at radius 2 is 1.74 bits per heavy atom. The Bertz CT molecular complexity index is 321. The van der Waals surface area contributed by atoms with Crippen LogP contribution in [0.5, 0.6) is 0 Å². The summed E-state index contributed by atoms with van der Waals surface area (Å²) < 4.78 is 5.79. The van der Waals surface area contributed by atoms with Crippen molar-refractivity contribution in [3.63, 3.8) is 0 Å². The molecule has 0 amide bonds. The van der Waals surface area contributed by atoms with E-state index in [-0.39, 0.29) is 0 Å². The van der Waals surface area contributed by atoms with E-state index in [1.54, 1.807) is 0 Å². The van der Waals surface area contributed by atoms with Gasteiger partial charge < -0.3 is 10.1 Å². The second kappa shape index (κ2) is 9.99. The third-order valence-electron chi connectivity index (χ3n) is 3.50. The summed E-state index contributed by atoms with van der Waals surface area (Å²) in [5.74, 6) is 0. The second-order valence-corrected chi connectivity index (χ2v) is 5.24. The van der Waals surface area contributed by atoms with Crippen LogP contribution in [0, 0.1) is 6.92 Å². The van der Waals surface area contributed by atoms with Gasteiger partial charge in [-0.3, -0.25) is 0 Å². The zero-order chi connectivity index (χ0) is 13.9. The first-order valence-electron chi connectivity index (χ1n) is 7.59. The minimum Gasteiger partial charge on any atom is -0.379 e. The molecule has 1 unspecified atom stereocenters. The maximum Gasteiger partial charge on any atom is 0.0661 e. The summed E-state index contributed by atoms with van der Waals surface area (Å²) in [4.78, 5) is 0. The number of rotatable bonds is 10. The van der Waals surface area contributed by atoms with Crippen LogP contribution in [-0.2, 0) is 4.74 Å². The fourth-order valence-electron chi connectivity index (χ4n) is 2.15. The standard InChI is InChI=1S/C17H29NO/c1-4-5-6-7-8-13-19-14-17(18-3)16-11-9-15(2)10-12-16/h9-12,17-18H,4-8,13-14H2,1-3H3. The van der Waals surface area contributed by atoms with Crippen LogP contribution >= 0.6 is 0 Å². The van der Waals surface area contributed by atoms with Crippen LogP contribution in [0.4, 0.5) is 0 Å². The number of aryl methyl sites for hydroxylation is 1. The quantitative estimate of drug-likeness (QED) is 0.637. The Balaban J connectivity index is 2.20. The van der Waals surface area contributed by atoms with Crippen molar-refractivity contribution in [1.29, 1.82) is 0 Å². The van der Waals surface area contributed by atoms with Crippen molar-refractivity contribution in [2.24, 2.45) is 0 Å². The molecular weight excluding hydrogens is 234 g/mol. The minimum atomic E-state index is 0.302. The van der Waals surface area contributed by atoms with E-state index < -0.39 is 0 Å². The van der Waals surface area contributed by atoms with Gasteiger partial charge in [-0.2, -0.15) is 0 Å². The van der Waals surface area contributed by atoms with Gasteiger partial charge in [0.2, 0.25) is 0 Å². The molecule has 2 nitrogen and oxygen atoms in total. The Kier molecular flexibility index (Phi) is 8.52. The number of likely N-dealkylation sites (N-methyl/N-ethyl adjacent to an activating group) is 1. The molecule has 19 heavy (non-hydrogen) atoms. The molecule has 0 aliphatic heterocycles. The Morgan fingerprint density at radius 1 is 1.05 bits per heavy atom. The van der Waals surface area contributed by atoms with Crippen LogP contribution in [-0.4, -0.2) is 20.3 Å². The maximum absolute atomic E-state index is 5.79. The van der Waals surface area contributed by atoms with E-state index in [9.17, 15) is 0 Å². The van der Waals surface area contributed by atoms with Gasteiger partial charge in [0.05, 0.1) is 12.6 Å². The highest BCUT2D eigenvalue weighted by Crippen LogP contribution is 2.14. The average molecular weight is 263 g/mol. The number of ether oxygens (including phenoxy) is 1. The summed E-state index contributed by atoms with van der Waals surface area (Å²) in [6.07, 6.45) is 6.47. The van der Waals surface area contributed by atoms with E-state index in [4.69, 9.17) is 4.74 Å². The van der Waals surface area contributed by atoms with E-state index in [2.05, 4.69) is 43.4 Å². The van der Waals surface area contributed by atoms with E-state index in [1.165, 1.54) is 43.2 Å². The molecule has 0 aliphatic carbocycles. The van der Waals surface area contributed by atoms with E-state index in [0.29, 0.717) is 6.04 Å². The topological polar surface area (TPSA) is 21.3 Å². The third kappa shape index (κ3) is 6.74. The molecule has 0 spiro atoms. The van der Waals surface area contributed by atoms with Crippen LogP contribution < -0.4 is 5.32 Å². The number of hydrogen-bond donors (Lipinski definition) is 1. The molecule has 2 heteroatoms. The largest absolute Gasteiger partial charge is 0.379 e. The molecule has 0 fully saturated rings. The maximum atomic E-state index is 5.79. The summed E-state index contributed by atoms with van der Waals surface area (Å²) in [7, 11) is 2.00. The van der Waals surface area contributed by atoms with Crippen molar-refractivity contribution >= 4 is 0 Å². The lowest BCUT2D eigenvalue weighted by Gasteiger charge is -2.17. The highest BCUT2D eigenvalue weighted by molar-refractivity contribution is 5.24. The van der Waals surface area contributed by atoms with Crippen molar-refractivity contribution < 1.29 is 4.74 Å². The SMILES string of the molecule is CCCCCCCOCC(NC)c1ccc(C)cc1. The first kappa shape index (κ1) is 16.2. The summed E-state index contributed by atoms with van der Waals surface area (Å²) in [6.45, 7) is 6.00. The first-order valence-corrected chi connectivity index (χ1v) is 7.59. The first-order chi connectivity index (χ1) is 9.27. The second-order valence-electron chi connectivity index (χ2n) is 5.24. The molecule has 1 aromatic carbocycles. The summed E-state index contributed by atoms with van der Waals surface area (Å²) in [5, 5.41) is 3.32. The molecule has 0 saturated heterocycles. The molecule has 0 aliphatic rings. The van der Waals surface area contributed by atoms with E-state index in [0.717, 1.165) is 13.2 Å². The molecule has 108 valence electrons. The highest BCUT2D eigenvalue weighted by atomic mass is 16.5. The minimum absolute atomic E-state index is 0.302. The number of hydrogen-bond acceptors (Lipinski definition) is 2. The van der Waals surface area contributed by atoms with Crippen LogP contribution in [0.2, 0.25) is 0 Å². The zero-order valence-electron chi connectivity index (χ0n) is 12.7. The van der Waals surface area contributed by atoms with Gasteiger partial charge in [-0.15, -0.1) is 0 Å². The lowest BCUT2D eigenvalue weighted by molar-refractivity contribution is 0.110. The Labute approximate surface area is 118 Å². The van der Waals surface area contributed by atoms with Crippen molar-refractivity contribution in [1.82, 2.24) is 5.32 Å². The molecule has 0 heterocycles. The van der Waals surface area contributed by atoms with Gasteiger partial charge in [0.1, 0.15) is 0 Å². The van der Waals surface area contributed by atoms with Gasteiger partial charge in [-0.1, -0.05) is 62.4 Å².